The number of aliphatic hydroxyl groups excluding tert-OH is 1. The topological polar surface area (TPSA) is 87.8 Å². The van der Waals surface area contributed by atoms with Crippen molar-refractivity contribution in [3.63, 3.8) is 0 Å². The van der Waals surface area contributed by atoms with E-state index in [0.717, 1.165) is 13.0 Å². The van der Waals surface area contributed by atoms with Gasteiger partial charge in [0.15, 0.2) is 0 Å². The molecule has 0 saturated carbocycles. The molecular weight excluding hydrogens is 246 g/mol. The van der Waals surface area contributed by atoms with Crippen molar-refractivity contribution in [2.24, 2.45) is 5.73 Å². The molecule has 0 aliphatic carbocycles. The Morgan fingerprint density at radius 2 is 2.05 bits per heavy atom. The molecule has 0 rings (SSSR count). The van der Waals surface area contributed by atoms with Gasteiger partial charge in [0.05, 0.1) is 6.10 Å². The van der Waals surface area contributed by atoms with Gasteiger partial charge in [-0.2, -0.15) is 0 Å². The molecule has 0 bridgehead atoms. The minimum Gasteiger partial charge on any atom is -0.444 e. The van der Waals surface area contributed by atoms with Gasteiger partial charge in [0.2, 0.25) is 0 Å². The summed E-state index contributed by atoms with van der Waals surface area (Å²) in [6.07, 6.45) is -0.0615. The first-order valence-electron chi connectivity index (χ1n) is 6.83. The average molecular weight is 275 g/mol. The van der Waals surface area contributed by atoms with Crippen LogP contribution in [0.15, 0.2) is 0 Å². The van der Waals surface area contributed by atoms with E-state index in [4.69, 9.17) is 10.5 Å². The third kappa shape index (κ3) is 10.7. The molecule has 19 heavy (non-hydrogen) atoms. The lowest BCUT2D eigenvalue weighted by Crippen LogP contribution is -2.43. The van der Waals surface area contributed by atoms with E-state index in [1.807, 2.05) is 20.8 Å². The Labute approximate surface area is 116 Å². The molecule has 0 aliphatic heterocycles. The maximum Gasteiger partial charge on any atom is 0.410 e. The number of hydrogen-bond acceptors (Lipinski definition) is 5. The van der Waals surface area contributed by atoms with E-state index in [1.165, 1.54) is 4.90 Å². The van der Waals surface area contributed by atoms with Crippen LogP contribution in [-0.2, 0) is 4.74 Å². The zero-order valence-electron chi connectivity index (χ0n) is 12.6. The highest BCUT2D eigenvalue weighted by atomic mass is 16.6. The number of nitrogens with zero attached hydrogens (tertiary/aromatic N) is 1. The second-order valence-electron chi connectivity index (χ2n) is 5.67. The third-order valence-corrected chi connectivity index (χ3v) is 2.25. The first kappa shape index (κ1) is 18.1. The molecule has 0 radical (unpaired) electrons. The first-order valence-corrected chi connectivity index (χ1v) is 6.83. The van der Waals surface area contributed by atoms with E-state index in [0.29, 0.717) is 19.6 Å². The maximum atomic E-state index is 12.0. The van der Waals surface area contributed by atoms with Gasteiger partial charge in [-0.25, -0.2) is 4.79 Å². The molecule has 0 saturated heterocycles. The van der Waals surface area contributed by atoms with Gasteiger partial charge in [0.1, 0.15) is 5.60 Å². The molecule has 6 heteroatoms. The van der Waals surface area contributed by atoms with Crippen molar-refractivity contribution in [3.05, 3.63) is 0 Å². The fourth-order valence-corrected chi connectivity index (χ4v) is 1.47. The number of nitrogens with two attached hydrogens (primary N) is 1. The Kier molecular flexibility index (Phi) is 8.71. The minimum absolute atomic E-state index is 0.271. The minimum atomic E-state index is -0.573. The monoisotopic (exact) mass is 275 g/mol. The summed E-state index contributed by atoms with van der Waals surface area (Å²) < 4.78 is 5.31. The molecule has 0 aromatic carbocycles. The van der Waals surface area contributed by atoms with Crippen LogP contribution < -0.4 is 11.1 Å². The summed E-state index contributed by atoms with van der Waals surface area (Å²) in [5.74, 6) is 0. The van der Waals surface area contributed by atoms with Crippen molar-refractivity contribution in [1.29, 1.82) is 0 Å². The number of hydrogen-bond donors (Lipinski definition) is 3. The van der Waals surface area contributed by atoms with Crippen LogP contribution in [0.2, 0.25) is 0 Å². The number of carbonyl (C=O) groups is 1. The largest absolute Gasteiger partial charge is 0.444 e. The molecule has 0 spiro atoms. The van der Waals surface area contributed by atoms with Crippen molar-refractivity contribution >= 4 is 6.09 Å². The standard InChI is InChI=1S/C13H29N3O3/c1-11(17)10-16(9-8-15-7-5-6-14)12(18)19-13(2,3)4/h11,15,17H,5-10,14H2,1-4H3. The van der Waals surface area contributed by atoms with Crippen molar-refractivity contribution in [2.75, 3.05) is 32.7 Å². The lowest BCUT2D eigenvalue weighted by atomic mass is 10.2. The van der Waals surface area contributed by atoms with Crippen LogP contribution in [0.25, 0.3) is 0 Å². The van der Waals surface area contributed by atoms with Crippen LogP contribution in [0.1, 0.15) is 34.1 Å². The van der Waals surface area contributed by atoms with E-state index in [9.17, 15) is 9.90 Å². The molecule has 0 fully saturated rings. The van der Waals surface area contributed by atoms with Crippen LogP contribution in [0.3, 0.4) is 0 Å². The Morgan fingerprint density at radius 3 is 2.53 bits per heavy atom. The summed E-state index contributed by atoms with van der Waals surface area (Å²) in [5, 5.41) is 12.6. The summed E-state index contributed by atoms with van der Waals surface area (Å²) in [6, 6.07) is 0. The number of carbonyl (C=O) groups excluding carboxylic acids is 1. The number of nitrogens with one attached hydrogen (secondary N) is 1. The Balaban J connectivity index is 4.18. The molecule has 6 nitrogen and oxygen atoms in total. The van der Waals surface area contributed by atoms with Crippen LogP contribution >= 0.6 is 0 Å². The van der Waals surface area contributed by atoms with E-state index < -0.39 is 17.8 Å². The molecular formula is C13H29N3O3. The lowest BCUT2D eigenvalue weighted by molar-refractivity contribution is 0.0164. The van der Waals surface area contributed by atoms with E-state index in [2.05, 4.69) is 5.32 Å². The van der Waals surface area contributed by atoms with Crippen molar-refractivity contribution < 1.29 is 14.6 Å². The molecule has 0 aromatic heterocycles. The van der Waals surface area contributed by atoms with Crippen molar-refractivity contribution in [3.8, 4) is 0 Å². The summed E-state index contributed by atoms with van der Waals surface area (Å²) >= 11 is 0. The lowest BCUT2D eigenvalue weighted by Gasteiger charge is -2.28. The van der Waals surface area contributed by atoms with E-state index in [-0.39, 0.29) is 6.54 Å². The van der Waals surface area contributed by atoms with Gasteiger partial charge in [-0.1, -0.05) is 0 Å². The third-order valence-electron chi connectivity index (χ3n) is 2.25. The zero-order valence-corrected chi connectivity index (χ0v) is 12.6. The summed E-state index contributed by atoms with van der Waals surface area (Å²) in [4.78, 5) is 13.5. The van der Waals surface area contributed by atoms with E-state index in [1.54, 1.807) is 6.92 Å². The highest BCUT2D eigenvalue weighted by Crippen LogP contribution is 2.10. The predicted molar refractivity (Wildman–Crippen MR) is 76.0 cm³/mol. The Hall–Kier alpha value is -0.850. The van der Waals surface area contributed by atoms with Crippen LogP contribution in [-0.4, -0.2) is 60.5 Å². The van der Waals surface area contributed by atoms with Crippen molar-refractivity contribution in [2.45, 2.75) is 45.8 Å². The van der Waals surface area contributed by atoms with Gasteiger partial charge in [0.25, 0.3) is 0 Å². The van der Waals surface area contributed by atoms with Gasteiger partial charge in [-0.15, -0.1) is 0 Å². The summed E-state index contributed by atoms with van der Waals surface area (Å²) in [7, 11) is 0. The van der Waals surface area contributed by atoms with E-state index >= 15 is 0 Å². The molecule has 1 amide bonds. The number of ether oxygens (including phenoxy) is 1. The second-order valence-corrected chi connectivity index (χ2v) is 5.67. The quantitative estimate of drug-likeness (QED) is 0.563. The van der Waals surface area contributed by atoms with Gasteiger partial charge in [-0.05, 0) is 47.2 Å². The van der Waals surface area contributed by atoms with Crippen LogP contribution in [0.5, 0.6) is 0 Å². The maximum absolute atomic E-state index is 12.0. The summed E-state index contributed by atoms with van der Waals surface area (Å²) in [6.45, 7) is 10.0. The van der Waals surface area contributed by atoms with Gasteiger partial charge >= 0.3 is 6.09 Å². The molecule has 0 aromatic rings. The van der Waals surface area contributed by atoms with Gasteiger partial charge in [-0.3, -0.25) is 0 Å². The highest BCUT2D eigenvalue weighted by molar-refractivity contribution is 5.68. The normalized spacial score (nSPS) is 13.2. The molecule has 0 aliphatic rings. The Bertz CT molecular complexity index is 252. The van der Waals surface area contributed by atoms with Gasteiger partial charge in [0, 0.05) is 19.6 Å². The SMILES string of the molecule is CC(O)CN(CCNCCCN)C(=O)OC(C)(C)C. The van der Waals surface area contributed by atoms with Gasteiger partial charge < -0.3 is 25.8 Å². The fourth-order valence-electron chi connectivity index (χ4n) is 1.47. The average Bonchev–Trinajstić information content (AvgIpc) is 2.24. The fraction of sp³-hybridized carbons (Fsp3) is 0.923. The van der Waals surface area contributed by atoms with Crippen LogP contribution in [0, 0.1) is 0 Å². The second kappa shape index (κ2) is 9.12. The number of rotatable bonds is 8. The molecule has 0 heterocycles. The highest BCUT2D eigenvalue weighted by Gasteiger charge is 2.22. The Morgan fingerprint density at radius 1 is 1.42 bits per heavy atom. The molecule has 114 valence electrons. The summed E-state index contributed by atoms with van der Waals surface area (Å²) in [5.41, 5.74) is 4.87. The first-order chi connectivity index (χ1) is 8.76. The van der Waals surface area contributed by atoms with Crippen LogP contribution in [0.4, 0.5) is 4.79 Å². The molecule has 1 atom stereocenters. The predicted octanol–water partition coefficient (Wildman–Crippen LogP) is 0.543. The number of aliphatic hydroxyl groups is 1. The zero-order chi connectivity index (χ0) is 14.9. The molecule has 4 N–H and O–H groups in total. The number of amides is 1. The smallest absolute Gasteiger partial charge is 0.410 e. The molecule has 1 unspecified atom stereocenters. The van der Waals surface area contributed by atoms with Crippen molar-refractivity contribution in [1.82, 2.24) is 10.2 Å².